The van der Waals surface area contributed by atoms with Crippen LogP contribution in [0.4, 0.5) is 5.69 Å². The summed E-state index contributed by atoms with van der Waals surface area (Å²) < 4.78 is 8.68. The molecule has 1 aliphatic heterocycles. The Bertz CT molecular complexity index is 1400. The Morgan fingerprint density at radius 2 is 1.97 bits per heavy atom. The summed E-state index contributed by atoms with van der Waals surface area (Å²) in [4.78, 5) is 13.4. The third-order valence-corrected chi connectivity index (χ3v) is 7.34. The number of aromatic nitrogens is 1. The number of para-hydroxylation sites is 1. The maximum absolute atomic E-state index is 12.8. The summed E-state index contributed by atoms with van der Waals surface area (Å²) in [7, 11) is 1.60. The molecular weight excluding hydrogens is 534 g/mol. The van der Waals surface area contributed by atoms with Crippen molar-refractivity contribution in [1.82, 2.24) is 9.88 Å². The van der Waals surface area contributed by atoms with Gasteiger partial charge in [0.05, 0.1) is 17.7 Å². The summed E-state index contributed by atoms with van der Waals surface area (Å²) >= 11 is 11.1. The zero-order chi connectivity index (χ0) is 23.7. The Labute approximate surface area is 215 Å². The topological polar surface area (TPSA) is 55.3 Å². The molecule has 1 aromatic heterocycles. The van der Waals surface area contributed by atoms with E-state index in [0.717, 1.165) is 33.2 Å². The highest BCUT2D eigenvalue weighted by molar-refractivity contribution is 9.10. The summed E-state index contributed by atoms with van der Waals surface area (Å²) in [5.41, 5.74) is 3.73. The lowest BCUT2D eigenvalue weighted by molar-refractivity contribution is -0.116. The van der Waals surface area contributed by atoms with Crippen molar-refractivity contribution < 1.29 is 9.53 Å². The maximum Gasteiger partial charge on any atom is 0.260 e. The number of benzene rings is 3. The van der Waals surface area contributed by atoms with Crippen LogP contribution in [0.2, 0.25) is 5.02 Å². The van der Waals surface area contributed by atoms with Gasteiger partial charge in [-0.3, -0.25) is 4.79 Å². The van der Waals surface area contributed by atoms with E-state index < -0.39 is 0 Å². The molecule has 2 N–H and O–H groups in total. The van der Waals surface area contributed by atoms with Gasteiger partial charge in [0, 0.05) is 38.7 Å². The molecule has 5 rings (SSSR count). The fraction of sp³-hybridized carbons (Fsp3) is 0.115. The number of hydrogen-bond donors (Lipinski definition) is 2. The zero-order valence-corrected chi connectivity index (χ0v) is 21.4. The van der Waals surface area contributed by atoms with E-state index in [0.29, 0.717) is 15.7 Å². The van der Waals surface area contributed by atoms with Gasteiger partial charge in [-0.25, -0.2) is 0 Å². The number of rotatable bonds is 6. The minimum absolute atomic E-state index is 0.117. The molecule has 1 amide bonds. The van der Waals surface area contributed by atoms with Gasteiger partial charge in [0.15, 0.2) is 5.50 Å². The quantitative estimate of drug-likeness (QED) is 0.260. The van der Waals surface area contributed by atoms with Crippen LogP contribution in [0.3, 0.4) is 0 Å². The molecule has 0 radical (unpaired) electrons. The Balaban J connectivity index is 1.41. The van der Waals surface area contributed by atoms with Gasteiger partial charge in [0.1, 0.15) is 5.75 Å². The van der Waals surface area contributed by atoms with E-state index in [9.17, 15) is 4.79 Å². The molecule has 1 aliphatic rings. The number of nitrogens with zero attached hydrogens (tertiary/aromatic N) is 1. The molecule has 5 nitrogen and oxygen atoms in total. The van der Waals surface area contributed by atoms with Crippen molar-refractivity contribution in [2.45, 2.75) is 12.0 Å². The number of halogens is 2. The summed E-state index contributed by atoms with van der Waals surface area (Å²) in [5.74, 6) is 0.543. The number of methoxy groups -OCH3 is 1. The molecule has 0 bridgehead atoms. The second kappa shape index (κ2) is 9.78. The Hall–Kier alpha value is -2.87. The zero-order valence-electron chi connectivity index (χ0n) is 18.2. The van der Waals surface area contributed by atoms with E-state index in [-0.39, 0.29) is 11.4 Å². The average molecular weight is 555 g/mol. The van der Waals surface area contributed by atoms with Crippen LogP contribution in [0.5, 0.6) is 5.75 Å². The van der Waals surface area contributed by atoms with Gasteiger partial charge in [-0.2, -0.15) is 0 Å². The van der Waals surface area contributed by atoms with Crippen molar-refractivity contribution in [1.29, 1.82) is 0 Å². The highest BCUT2D eigenvalue weighted by atomic mass is 79.9. The van der Waals surface area contributed by atoms with E-state index in [4.69, 9.17) is 16.3 Å². The third-order valence-electron chi connectivity index (χ3n) is 5.55. The third kappa shape index (κ3) is 4.82. The van der Waals surface area contributed by atoms with Gasteiger partial charge in [-0.1, -0.05) is 69.6 Å². The van der Waals surface area contributed by atoms with Crippen LogP contribution in [0, 0.1) is 0 Å². The maximum atomic E-state index is 12.8. The number of carbonyl (C=O) groups excluding carboxylic acids is 1. The van der Waals surface area contributed by atoms with Crippen LogP contribution in [0.15, 0.2) is 82.3 Å². The molecule has 3 aromatic carbocycles. The summed E-state index contributed by atoms with van der Waals surface area (Å²) in [5, 5.41) is 7.97. The van der Waals surface area contributed by atoms with Crippen molar-refractivity contribution in [2.24, 2.45) is 0 Å². The molecule has 2 heterocycles. The lowest BCUT2D eigenvalue weighted by Crippen LogP contribution is -2.31. The van der Waals surface area contributed by atoms with Crippen molar-refractivity contribution >= 4 is 67.9 Å². The van der Waals surface area contributed by atoms with Crippen LogP contribution in [-0.2, 0) is 11.3 Å². The summed E-state index contributed by atoms with van der Waals surface area (Å²) in [6.07, 6.45) is 4.06. The molecule has 1 saturated heterocycles. The van der Waals surface area contributed by atoms with Gasteiger partial charge in [0.2, 0.25) is 0 Å². The Kier molecular flexibility index (Phi) is 6.59. The van der Waals surface area contributed by atoms with Crippen molar-refractivity contribution in [2.75, 3.05) is 12.4 Å². The molecule has 1 unspecified atom stereocenters. The van der Waals surface area contributed by atoms with E-state index in [1.165, 1.54) is 17.3 Å². The second-order valence-electron chi connectivity index (χ2n) is 7.82. The second-order valence-corrected chi connectivity index (χ2v) is 10.3. The SMILES string of the molecule is COc1ccc(Cl)cc1NC1NC(=O)/C(=C/c2cn(Cc3ccc(Br)cc3)c3ccccc23)S1. The number of amides is 1. The molecule has 1 fully saturated rings. The largest absolute Gasteiger partial charge is 0.495 e. The first-order valence-electron chi connectivity index (χ1n) is 10.6. The number of anilines is 1. The minimum atomic E-state index is -0.331. The molecule has 0 spiro atoms. The number of ether oxygens (including phenoxy) is 1. The van der Waals surface area contributed by atoms with Crippen LogP contribution in [-0.4, -0.2) is 23.1 Å². The predicted octanol–water partition coefficient (Wildman–Crippen LogP) is 6.71. The van der Waals surface area contributed by atoms with E-state index >= 15 is 0 Å². The van der Waals surface area contributed by atoms with E-state index in [1.807, 2.05) is 30.3 Å². The normalized spacial score (nSPS) is 16.7. The van der Waals surface area contributed by atoms with Crippen LogP contribution in [0.25, 0.3) is 17.0 Å². The highest BCUT2D eigenvalue weighted by Gasteiger charge is 2.28. The van der Waals surface area contributed by atoms with Crippen molar-refractivity contribution in [3.8, 4) is 5.75 Å². The first kappa shape index (κ1) is 22.9. The molecule has 34 heavy (non-hydrogen) atoms. The first-order chi connectivity index (χ1) is 16.5. The van der Waals surface area contributed by atoms with Crippen LogP contribution in [0.1, 0.15) is 11.1 Å². The van der Waals surface area contributed by atoms with Gasteiger partial charge in [-0.15, -0.1) is 0 Å². The van der Waals surface area contributed by atoms with Crippen molar-refractivity contribution in [3.63, 3.8) is 0 Å². The van der Waals surface area contributed by atoms with Gasteiger partial charge < -0.3 is 19.9 Å². The highest BCUT2D eigenvalue weighted by Crippen LogP contribution is 2.35. The molecular formula is C26H21BrClN3O2S. The van der Waals surface area contributed by atoms with Crippen molar-refractivity contribution in [3.05, 3.63) is 98.5 Å². The van der Waals surface area contributed by atoms with E-state index in [1.54, 1.807) is 25.3 Å². The first-order valence-corrected chi connectivity index (χ1v) is 12.7. The molecule has 172 valence electrons. The number of hydrogen-bond acceptors (Lipinski definition) is 4. The number of carbonyl (C=O) groups is 1. The molecule has 8 heteroatoms. The molecule has 0 saturated carbocycles. The monoisotopic (exact) mass is 553 g/mol. The van der Waals surface area contributed by atoms with Crippen LogP contribution >= 0.6 is 39.3 Å². The fourth-order valence-electron chi connectivity index (χ4n) is 3.95. The average Bonchev–Trinajstić information content (AvgIpc) is 3.35. The summed E-state index contributed by atoms with van der Waals surface area (Å²) in [6.45, 7) is 0.745. The minimum Gasteiger partial charge on any atom is -0.495 e. The van der Waals surface area contributed by atoms with Gasteiger partial charge in [0.25, 0.3) is 5.91 Å². The fourth-order valence-corrected chi connectivity index (χ4v) is 5.35. The molecule has 0 aliphatic carbocycles. The molecule has 1 atom stereocenters. The lowest BCUT2D eigenvalue weighted by atomic mass is 10.1. The predicted molar refractivity (Wildman–Crippen MR) is 144 cm³/mol. The Morgan fingerprint density at radius 1 is 1.18 bits per heavy atom. The Morgan fingerprint density at radius 3 is 2.76 bits per heavy atom. The van der Waals surface area contributed by atoms with Crippen LogP contribution < -0.4 is 15.4 Å². The number of fused-ring (bicyclic) bond motifs is 1. The lowest BCUT2D eigenvalue weighted by Gasteiger charge is -2.15. The van der Waals surface area contributed by atoms with E-state index in [2.05, 4.69) is 61.6 Å². The van der Waals surface area contributed by atoms with Gasteiger partial charge >= 0.3 is 0 Å². The number of thioether (sulfide) groups is 1. The number of nitrogens with one attached hydrogen (secondary N) is 2. The smallest absolute Gasteiger partial charge is 0.260 e. The molecule has 4 aromatic rings. The van der Waals surface area contributed by atoms with Gasteiger partial charge in [-0.05, 0) is 48.0 Å². The standard InChI is InChI=1S/C26H21BrClN3O2S/c1-33-23-11-10-19(28)13-21(23)29-26-30-25(32)24(34-26)12-17-15-31(22-5-3-2-4-20(17)22)14-16-6-8-18(27)9-7-16/h2-13,15,26,29H,14H2,1H3,(H,30,32)/b24-12-. The summed E-state index contributed by atoms with van der Waals surface area (Å²) in [6, 6.07) is 21.9.